The van der Waals surface area contributed by atoms with E-state index in [-0.39, 0.29) is 10.8 Å². The number of sulfonamides is 1. The fourth-order valence-corrected chi connectivity index (χ4v) is 4.78. The van der Waals surface area contributed by atoms with Crippen molar-refractivity contribution in [2.24, 2.45) is 0 Å². The smallest absolute Gasteiger partial charge is 0.261 e. The van der Waals surface area contributed by atoms with Crippen molar-refractivity contribution in [2.75, 3.05) is 36.3 Å². The molecule has 1 aliphatic rings. The second kappa shape index (κ2) is 10.1. The molecule has 1 saturated heterocycles. The van der Waals surface area contributed by atoms with Gasteiger partial charge in [0.1, 0.15) is 0 Å². The van der Waals surface area contributed by atoms with Crippen LogP contribution in [0, 0.1) is 6.92 Å². The number of amides is 2. The molecule has 1 heterocycles. The van der Waals surface area contributed by atoms with Crippen molar-refractivity contribution >= 4 is 33.2 Å². The van der Waals surface area contributed by atoms with E-state index < -0.39 is 15.9 Å². The van der Waals surface area contributed by atoms with Crippen molar-refractivity contribution < 1.29 is 22.7 Å². The molecule has 2 N–H and O–H groups in total. The zero-order valence-electron chi connectivity index (χ0n) is 18.7. The minimum absolute atomic E-state index is 0.151. The molecule has 0 aliphatic carbocycles. The van der Waals surface area contributed by atoms with Gasteiger partial charge in [0.15, 0.2) is 0 Å². The van der Waals surface area contributed by atoms with Gasteiger partial charge < -0.3 is 15.0 Å². The predicted octanol–water partition coefficient (Wildman–Crippen LogP) is 3.52. The summed E-state index contributed by atoms with van der Waals surface area (Å²) >= 11 is 0. The Labute approximate surface area is 198 Å². The lowest BCUT2D eigenvalue weighted by molar-refractivity contribution is 0.0303. The van der Waals surface area contributed by atoms with Crippen molar-refractivity contribution in [3.05, 3.63) is 89.5 Å². The standard InChI is InChI=1S/C25H25N3O5S/c1-18-17-19(11-12-22(18)27-34(31,32)20-7-3-2-4-8-20)24(29)26-23-10-6-5-9-21(23)25(30)28-13-15-33-16-14-28/h2-12,17,27H,13-16H2,1H3,(H,26,29). The third-order valence-corrected chi connectivity index (χ3v) is 6.87. The Morgan fingerprint density at radius 2 is 1.56 bits per heavy atom. The Kier molecular flexibility index (Phi) is 6.95. The van der Waals surface area contributed by atoms with Gasteiger partial charge >= 0.3 is 0 Å². The summed E-state index contributed by atoms with van der Waals surface area (Å²) in [5.41, 5.74) is 2.12. The molecule has 3 aromatic rings. The van der Waals surface area contributed by atoms with E-state index in [4.69, 9.17) is 4.74 Å². The van der Waals surface area contributed by atoms with Crippen LogP contribution in [0.15, 0.2) is 77.7 Å². The molecule has 4 rings (SSSR count). The number of nitrogens with one attached hydrogen (secondary N) is 2. The molecule has 3 aromatic carbocycles. The summed E-state index contributed by atoms with van der Waals surface area (Å²) in [6.07, 6.45) is 0. The van der Waals surface area contributed by atoms with Crippen LogP contribution in [-0.4, -0.2) is 51.4 Å². The van der Waals surface area contributed by atoms with Gasteiger partial charge in [-0.25, -0.2) is 8.42 Å². The number of carbonyl (C=O) groups excluding carboxylic acids is 2. The Balaban J connectivity index is 1.50. The fourth-order valence-electron chi connectivity index (χ4n) is 3.63. The highest BCUT2D eigenvalue weighted by Crippen LogP contribution is 2.23. The number of nitrogens with zero attached hydrogens (tertiary/aromatic N) is 1. The number of rotatable bonds is 6. The Bertz CT molecular complexity index is 1300. The number of aryl methyl sites for hydroxylation is 1. The largest absolute Gasteiger partial charge is 0.378 e. The number of hydrogen-bond acceptors (Lipinski definition) is 5. The van der Waals surface area contributed by atoms with Gasteiger partial charge in [-0.1, -0.05) is 30.3 Å². The predicted molar refractivity (Wildman–Crippen MR) is 130 cm³/mol. The molecule has 0 saturated carbocycles. The van der Waals surface area contributed by atoms with Gasteiger partial charge in [0, 0.05) is 18.7 Å². The number of carbonyl (C=O) groups is 2. The third-order valence-electron chi connectivity index (χ3n) is 5.49. The molecule has 0 spiro atoms. The highest BCUT2D eigenvalue weighted by molar-refractivity contribution is 7.92. The summed E-state index contributed by atoms with van der Waals surface area (Å²) in [5, 5.41) is 2.81. The van der Waals surface area contributed by atoms with Crippen molar-refractivity contribution in [3.8, 4) is 0 Å². The Morgan fingerprint density at radius 3 is 2.26 bits per heavy atom. The first-order chi connectivity index (χ1) is 16.3. The quantitative estimate of drug-likeness (QED) is 0.563. The zero-order chi connectivity index (χ0) is 24.1. The normalized spacial score (nSPS) is 13.9. The molecule has 0 unspecified atom stereocenters. The molecule has 0 bridgehead atoms. The van der Waals surface area contributed by atoms with Crippen LogP contribution in [0.3, 0.4) is 0 Å². The summed E-state index contributed by atoms with van der Waals surface area (Å²) in [6.45, 7) is 3.69. The molecule has 1 fully saturated rings. The van der Waals surface area contributed by atoms with Gasteiger partial charge in [-0.15, -0.1) is 0 Å². The van der Waals surface area contributed by atoms with Crippen LogP contribution in [-0.2, 0) is 14.8 Å². The van der Waals surface area contributed by atoms with E-state index in [1.54, 1.807) is 66.4 Å². The minimum Gasteiger partial charge on any atom is -0.378 e. The molecule has 2 amide bonds. The number of hydrogen-bond donors (Lipinski definition) is 2. The topological polar surface area (TPSA) is 105 Å². The second-order valence-corrected chi connectivity index (χ2v) is 9.53. The van der Waals surface area contributed by atoms with Crippen LogP contribution in [0.4, 0.5) is 11.4 Å². The van der Waals surface area contributed by atoms with E-state index in [1.807, 2.05) is 0 Å². The lowest BCUT2D eigenvalue weighted by Crippen LogP contribution is -2.41. The van der Waals surface area contributed by atoms with E-state index in [9.17, 15) is 18.0 Å². The molecule has 0 aromatic heterocycles. The van der Waals surface area contributed by atoms with E-state index in [1.165, 1.54) is 18.2 Å². The average molecular weight is 480 g/mol. The van der Waals surface area contributed by atoms with Crippen LogP contribution >= 0.6 is 0 Å². The average Bonchev–Trinajstić information content (AvgIpc) is 2.86. The summed E-state index contributed by atoms with van der Waals surface area (Å²) in [6, 6.07) is 19.6. The summed E-state index contributed by atoms with van der Waals surface area (Å²) in [7, 11) is -3.74. The molecule has 9 heteroatoms. The molecule has 176 valence electrons. The maximum Gasteiger partial charge on any atom is 0.261 e. The van der Waals surface area contributed by atoms with Crippen molar-refractivity contribution in [3.63, 3.8) is 0 Å². The van der Waals surface area contributed by atoms with Crippen LogP contribution in [0.25, 0.3) is 0 Å². The van der Waals surface area contributed by atoms with Crippen LogP contribution in [0.1, 0.15) is 26.3 Å². The highest BCUT2D eigenvalue weighted by atomic mass is 32.2. The number of para-hydroxylation sites is 1. The Morgan fingerprint density at radius 1 is 0.882 bits per heavy atom. The van der Waals surface area contributed by atoms with E-state index in [0.717, 1.165) is 0 Å². The van der Waals surface area contributed by atoms with Gasteiger partial charge in [0.25, 0.3) is 21.8 Å². The maximum atomic E-state index is 12.9. The molecule has 1 aliphatic heterocycles. The first-order valence-electron chi connectivity index (χ1n) is 10.8. The number of ether oxygens (including phenoxy) is 1. The molecular weight excluding hydrogens is 454 g/mol. The van der Waals surface area contributed by atoms with Gasteiger partial charge in [-0.05, 0) is 55.0 Å². The lowest BCUT2D eigenvalue weighted by Gasteiger charge is -2.27. The first kappa shape index (κ1) is 23.5. The van der Waals surface area contributed by atoms with E-state index in [2.05, 4.69) is 10.0 Å². The van der Waals surface area contributed by atoms with Gasteiger partial charge in [-0.2, -0.15) is 0 Å². The van der Waals surface area contributed by atoms with Gasteiger partial charge in [0.05, 0.1) is 35.0 Å². The fraction of sp³-hybridized carbons (Fsp3) is 0.200. The third kappa shape index (κ3) is 5.27. The number of anilines is 2. The van der Waals surface area contributed by atoms with E-state index in [0.29, 0.717) is 54.4 Å². The summed E-state index contributed by atoms with van der Waals surface area (Å²) in [4.78, 5) is 27.7. The zero-order valence-corrected chi connectivity index (χ0v) is 19.5. The SMILES string of the molecule is Cc1cc(C(=O)Nc2ccccc2C(=O)N2CCOCC2)ccc1NS(=O)(=O)c1ccccc1. The summed E-state index contributed by atoms with van der Waals surface area (Å²) < 4.78 is 33.1. The van der Waals surface area contributed by atoms with Crippen molar-refractivity contribution in [1.29, 1.82) is 0 Å². The van der Waals surface area contributed by atoms with Crippen molar-refractivity contribution in [2.45, 2.75) is 11.8 Å². The van der Waals surface area contributed by atoms with Crippen molar-refractivity contribution in [1.82, 2.24) is 4.90 Å². The van der Waals surface area contributed by atoms with Crippen LogP contribution in [0.5, 0.6) is 0 Å². The number of benzene rings is 3. The molecule has 0 radical (unpaired) electrons. The highest BCUT2D eigenvalue weighted by Gasteiger charge is 2.22. The number of morpholine rings is 1. The molecule has 8 nitrogen and oxygen atoms in total. The summed E-state index contributed by atoms with van der Waals surface area (Å²) in [5.74, 6) is -0.566. The van der Waals surface area contributed by atoms with Gasteiger partial charge in [-0.3, -0.25) is 14.3 Å². The van der Waals surface area contributed by atoms with Crippen LogP contribution in [0.2, 0.25) is 0 Å². The second-order valence-electron chi connectivity index (χ2n) is 7.85. The molecule has 0 atom stereocenters. The lowest BCUT2D eigenvalue weighted by atomic mass is 10.1. The molecule has 34 heavy (non-hydrogen) atoms. The van der Waals surface area contributed by atoms with E-state index >= 15 is 0 Å². The first-order valence-corrected chi connectivity index (χ1v) is 12.3. The Hall–Kier alpha value is -3.69. The monoisotopic (exact) mass is 479 g/mol. The van der Waals surface area contributed by atoms with Gasteiger partial charge in [0.2, 0.25) is 0 Å². The maximum absolute atomic E-state index is 12.9. The minimum atomic E-state index is -3.74. The molecular formula is C25H25N3O5S. The van der Waals surface area contributed by atoms with Crippen LogP contribution < -0.4 is 10.0 Å².